The number of benzene rings is 2. The first kappa shape index (κ1) is 17.9. The van der Waals surface area contributed by atoms with Crippen molar-refractivity contribution in [2.45, 2.75) is 18.7 Å². The van der Waals surface area contributed by atoms with Gasteiger partial charge in [-0.05, 0) is 17.7 Å². The van der Waals surface area contributed by atoms with Gasteiger partial charge in [-0.1, -0.05) is 59.9 Å². The van der Waals surface area contributed by atoms with Crippen molar-refractivity contribution < 1.29 is 4.79 Å². The van der Waals surface area contributed by atoms with E-state index < -0.39 is 0 Å². The zero-order valence-electron chi connectivity index (χ0n) is 14.6. The van der Waals surface area contributed by atoms with Gasteiger partial charge in [0.05, 0.1) is 23.9 Å². The summed E-state index contributed by atoms with van der Waals surface area (Å²) in [5.41, 5.74) is 3.95. The normalized spacial score (nSPS) is 13.1. The number of nitriles is 1. The molecule has 0 N–H and O–H groups in total. The minimum Gasteiger partial charge on any atom is -0.346 e. The van der Waals surface area contributed by atoms with Crippen LogP contribution in [0.5, 0.6) is 0 Å². The Morgan fingerprint density at radius 3 is 2.93 bits per heavy atom. The molecule has 27 heavy (non-hydrogen) atoms. The van der Waals surface area contributed by atoms with Crippen molar-refractivity contribution in [3.63, 3.8) is 0 Å². The van der Waals surface area contributed by atoms with Crippen molar-refractivity contribution >= 4 is 50.3 Å². The highest BCUT2D eigenvalue weighted by atomic mass is 32.2. The summed E-state index contributed by atoms with van der Waals surface area (Å²) in [6, 6.07) is 18.2. The van der Waals surface area contributed by atoms with Gasteiger partial charge < -0.3 is 4.57 Å². The Balaban J connectivity index is 1.52. The van der Waals surface area contributed by atoms with Gasteiger partial charge in [0.2, 0.25) is 0 Å². The van der Waals surface area contributed by atoms with Crippen LogP contribution in [-0.4, -0.2) is 20.5 Å². The smallest absolute Gasteiger partial charge is 0.175 e. The number of hydrogen-bond acceptors (Lipinski definition) is 5. The number of fused-ring (bicyclic) bond motifs is 2. The third-order valence-electron chi connectivity index (χ3n) is 4.43. The van der Waals surface area contributed by atoms with Crippen LogP contribution in [0.2, 0.25) is 0 Å². The van der Waals surface area contributed by atoms with Gasteiger partial charge in [0.25, 0.3) is 0 Å². The molecule has 2 aromatic carbocycles. The monoisotopic (exact) mass is 391 g/mol. The summed E-state index contributed by atoms with van der Waals surface area (Å²) >= 11 is 3.18. The standard InChI is InChI=1S/C21H17N3OS2/c22-10-5-11-24-12-17(16-7-2-4-9-19(16)24)20(25)14-27-21-23-18-8-3-1-6-15(18)13-26-21/h1-4,6-9,12H,5,11,13-14H2. The van der Waals surface area contributed by atoms with Gasteiger partial charge in [0, 0.05) is 35.0 Å². The first-order chi connectivity index (χ1) is 13.3. The molecule has 4 nitrogen and oxygen atoms in total. The van der Waals surface area contributed by atoms with E-state index in [0.717, 1.165) is 32.3 Å². The molecule has 0 saturated carbocycles. The van der Waals surface area contributed by atoms with E-state index >= 15 is 0 Å². The number of aryl methyl sites for hydroxylation is 1. The molecule has 0 unspecified atom stereocenters. The number of aromatic nitrogens is 1. The predicted octanol–water partition coefficient (Wildman–Crippen LogP) is 5.41. The molecule has 3 aromatic rings. The van der Waals surface area contributed by atoms with E-state index in [4.69, 9.17) is 5.26 Å². The lowest BCUT2D eigenvalue weighted by atomic mass is 10.1. The minimum absolute atomic E-state index is 0.0917. The molecule has 134 valence electrons. The van der Waals surface area contributed by atoms with Crippen LogP contribution in [0.4, 0.5) is 5.69 Å². The van der Waals surface area contributed by atoms with Gasteiger partial charge >= 0.3 is 0 Å². The van der Waals surface area contributed by atoms with Crippen LogP contribution in [-0.2, 0) is 12.3 Å². The highest BCUT2D eigenvalue weighted by molar-refractivity contribution is 8.38. The minimum atomic E-state index is 0.0917. The fourth-order valence-electron chi connectivity index (χ4n) is 3.12. The van der Waals surface area contributed by atoms with Gasteiger partial charge in [0.1, 0.15) is 4.38 Å². The third kappa shape index (κ3) is 3.80. The van der Waals surface area contributed by atoms with E-state index in [2.05, 4.69) is 17.1 Å². The van der Waals surface area contributed by atoms with E-state index in [1.54, 1.807) is 11.8 Å². The fourth-order valence-corrected chi connectivity index (χ4v) is 5.06. The van der Waals surface area contributed by atoms with Gasteiger partial charge in [-0.2, -0.15) is 5.26 Å². The van der Waals surface area contributed by atoms with Crippen molar-refractivity contribution in [1.29, 1.82) is 5.26 Å². The number of ketones is 1. The first-order valence-corrected chi connectivity index (χ1v) is 10.6. The molecule has 6 heteroatoms. The number of carbonyl (C=O) groups is 1. The average Bonchev–Trinajstić information content (AvgIpc) is 3.09. The number of aliphatic imine (C=N–C) groups is 1. The summed E-state index contributed by atoms with van der Waals surface area (Å²) in [6.45, 7) is 0.594. The van der Waals surface area contributed by atoms with Crippen LogP contribution in [0, 0.1) is 11.3 Å². The number of carbonyl (C=O) groups excluding carboxylic acids is 1. The fraction of sp³-hybridized carbons (Fsp3) is 0.190. The molecule has 1 aromatic heterocycles. The molecule has 0 atom stereocenters. The summed E-state index contributed by atoms with van der Waals surface area (Å²) in [7, 11) is 0. The Kier molecular flexibility index (Phi) is 5.33. The zero-order chi connectivity index (χ0) is 18.6. The first-order valence-electron chi connectivity index (χ1n) is 8.66. The summed E-state index contributed by atoms with van der Waals surface area (Å²) < 4.78 is 2.94. The molecule has 0 bridgehead atoms. The van der Waals surface area contributed by atoms with Crippen LogP contribution < -0.4 is 0 Å². The molecule has 0 spiro atoms. The maximum atomic E-state index is 12.9. The molecule has 0 amide bonds. The Labute approximate surface area is 166 Å². The largest absolute Gasteiger partial charge is 0.346 e. The van der Waals surface area contributed by atoms with Crippen molar-refractivity contribution in [1.82, 2.24) is 4.57 Å². The zero-order valence-corrected chi connectivity index (χ0v) is 16.2. The quantitative estimate of drug-likeness (QED) is 0.546. The number of rotatable bonds is 5. The van der Waals surface area contributed by atoms with Crippen molar-refractivity contribution in [3.05, 3.63) is 65.9 Å². The summed E-state index contributed by atoms with van der Waals surface area (Å²) in [5, 5.41) is 9.81. The second-order valence-corrected chi connectivity index (χ2v) is 8.35. The van der Waals surface area contributed by atoms with Crippen LogP contribution in [0.3, 0.4) is 0 Å². The Hall–Kier alpha value is -2.49. The Morgan fingerprint density at radius 2 is 2.04 bits per heavy atom. The lowest BCUT2D eigenvalue weighted by Crippen LogP contribution is -2.05. The van der Waals surface area contributed by atoms with Crippen LogP contribution in [0.1, 0.15) is 22.3 Å². The molecule has 1 aliphatic heterocycles. The number of para-hydroxylation sites is 2. The lowest BCUT2D eigenvalue weighted by Gasteiger charge is -2.13. The number of thioether (sulfide) groups is 2. The van der Waals surface area contributed by atoms with E-state index in [1.165, 1.54) is 17.3 Å². The maximum absolute atomic E-state index is 12.9. The molecule has 0 saturated heterocycles. The maximum Gasteiger partial charge on any atom is 0.175 e. The molecule has 2 heterocycles. The number of hydrogen-bond donors (Lipinski definition) is 0. The van der Waals surface area contributed by atoms with Gasteiger partial charge in [-0.25, -0.2) is 4.99 Å². The predicted molar refractivity (Wildman–Crippen MR) is 114 cm³/mol. The van der Waals surface area contributed by atoms with E-state index in [1.807, 2.05) is 53.2 Å². The van der Waals surface area contributed by atoms with Gasteiger partial charge in [-0.3, -0.25) is 4.79 Å². The molecule has 0 fully saturated rings. The van der Waals surface area contributed by atoms with E-state index in [0.29, 0.717) is 18.7 Å². The lowest BCUT2D eigenvalue weighted by molar-refractivity contribution is 0.102. The Morgan fingerprint density at radius 1 is 1.22 bits per heavy atom. The van der Waals surface area contributed by atoms with Gasteiger partial charge in [-0.15, -0.1) is 0 Å². The average molecular weight is 392 g/mol. The van der Waals surface area contributed by atoms with E-state index in [-0.39, 0.29) is 5.78 Å². The summed E-state index contributed by atoms with van der Waals surface area (Å²) in [6.07, 6.45) is 2.31. The summed E-state index contributed by atoms with van der Waals surface area (Å²) in [5.74, 6) is 1.35. The second kappa shape index (κ2) is 8.03. The topological polar surface area (TPSA) is 58.1 Å². The second-order valence-electron chi connectivity index (χ2n) is 6.17. The molecule has 4 rings (SSSR count). The highest BCUT2D eigenvalue weighted by Crippen LogP contribution is 2.35. The number of Topliss-reactive ketones (excluding diaryl/α,β-unsaturated/α-hetero) is 1. The highest BCUT2D eigenvalue weighted by Gasteiger charge is 2.18. The SMILES string of the molecule is N#CCCn1cc(C(=O)CSC2=Nc3ccccc3CS2)c2ccccc21. The van der Waals surface area contributed by atoms with Crippen molar-refractivity contribution in [2.24, 2.45) is 4.99 Å². The number of nitrogens with zero attached hydrogens (tertiary/aromatic N) is 3. The molecular formula is C21H17N3OS2. The molecule has 0 radical (unpaired) electrons. The van der Waals surface area contributed by atoms with Crippen molar-refractivity contribution in [3.8, 4) is 6.07 Å². The van der Waals surface area contributed by atoms with Crippen LogP contribution in [0.25, 0.3) is 10.9 Å². The van der Waals surface area contributed by atoms with Crippen LogP contribution >= 0.6 is 23.5 Å². The van der Waals surface area contributed by atoms with E-state index in [9.17, 15) is 4.79 Å². The Bertz CT molecular complexity index is 1080. The third-order valence-corrected chi connectivity index (χ3v) is 6.68. The van der Waals surface area contributed by atoms with Crippen molar-refractivity contribution in [2.75, 3.05) is 5.75 Å². The summed E-state index contributed by atoms with van der Waals surface area (Å²) in [4.78, 5) is 17.5. The van der Waals surface area contributed by atoms with Gasteiger partial charge in [0.15, 0.2) is 5.78 Å². The molecule has 1 aliphatic rings. The molecule has 0 aliphatic carbocycles. The molecular weight excluding hydrogens is 374 g/mol. The van der Waals surface area contributed by atoms with Crippen LogP contribution in [0.15, 0.2) is 59.7 Å².